The molecule has 18 heavy (non-hydrogen) atoms. The van der Waals surface area contributed by atoms with Crippen molar-refractivity contribution in [2.75, 3.05) is 19.4 Å². The van der Waals surface area contributed by atoms with Crippen LogP contribution in [0.3, 0.4) is 0 Å². The number of methoxy groups -OCH3 is 1. The number of anilines is 1. The van der Waals surface area contributed by atoms with Crippen molar-refractivity contribution < 1.29 is 4.74 Å². The first-order chi connectivity index (χ1) is 8.77. The van der Waals surface area contributed by atoms with E-state index in [1.807, 2.05) is 24.3 Å². The van der Waals surface area contributed by atoms with E-state index in [2.05, 4.69) is 5.10 Å². The van der Waals surface area contributed by atoms with Gasteiger partial charge in [0, 0.05) is 5.56 Å². The predicted octanol–water partition coefficient (Wildman–Crippen LogP) is 1.35. The molecule has 2 rings (SSSR count). The van der Waals surface area contributed by atoms with Crippen molar-refractivity contribution in [3.8, 4) is 11.4 Å². The van der Waals surface area contributed by atoms with Crippen LogP contribution in [0.2, 0.25) is 0 Å². The third-order valence-corrected chi connectivity index (χ3v) is 2.85. The van der Waals surface area contributed by atoms with Gasteiger partial charge in [-0.05, 0) is 31.5 Å². The average molecular weight is 246 g/mol. The zero-order valence-electron chi connectivity index (χ0n) is 10.5. The topological polar surface area (TPSA) is 79.1 Å². The van der Waals surface area contributed by atoms with Crippen molar-refractivity contribution >= 4 is 5.82 Å². The van der Waals surface area contributed by atoms with Crippen molar-refractivity contribution in [2.24, 2.45) is 5.73 Å². The van der Waals surface area contributed by atoms with Gasteiger partial charge in [0.25, 0.3) is 0 Å². The number of nitrogens with two attached hydrogens (primary N) is 2. The van der Waals surface area contributed by atoms with Gasteiger partial charge in [-0.15, -0.1) is 0 Å². The fourth-order valence-electron chi connectivity index (χ4n) is 1.87. The molecular weight excluding hydrogens is 228 g/mol. The first kappa shape index (κ1) is 12.4. The quantitative estimate of drug-likeness (QED) is 0.834. The van der Waals surface area contributed by atoms with E-state index >= 15 is 0 Å². The number of nitrogen functional groups attached to an aromatic ring is 1. The molecule has 0 aliphatic carbocycles. The molecule has 0 aliphatic heterocycles. The lowest BCUT2D eigenvalue weighted by Crippen LogP contribution is -2.06. The van der Waals surface area contributed by atoms with Gasteiger partial charge in [-0.25, -0.2) is 4.68 Å². The van der Waals surface area contributed by atoms with Gasteiger partial charge in [-0.2, -0.15) is 5.10 Å². The number of aryl methyl sites for hydroxylation is 1. The summed E-state index contributed by atoms with van der Waals surface area (Å²) in [5, 5.41) is 4.32. The number of ether oxygens (including phenoxy) is 1. The van der Waals surface area contributed by atoms with Crippen LogP contribution in [0, 0.1) is 0 Å². The zero-order valence-corrected chi connectivity index (χ0v) is 10.5. The largest absolute Gasteiger partial charge is 0.494 e. The van der Waals surface area contributed by atoms with E-state index in [9.17, 15) is 0 Å². The smallest absolute Gasteiger partial charge is 0.144 e. The molecular formula is C13H18N4O. The van der Waals surface area contributed by atoms with Gasteiger partial charge in [0.05, 0.1) is 13.3 Å². The summed E-state index contributed by atoms with van der Waals surface area (Å²) in [4.78, 5) is 0. The van der Waals surface area contributed by atoms with E-state index in [1.54, 1.807) is 18.0 Å². The SMILES string of the molecule is COc1ccccc1-n1ncc(CCCN)c1N. The number of rotatable bonds is 5. The standard InChI is InChI=1S/C13H18N4O/c1-18-12-7-3-2-6-11(12)17-13(15)10(9-16-17)5-4-8-14/h2-3,6-7,9H,4-5,8,14-15H2,1H3. The molecule has 0 spiro atoms. The minimum absolute atomic E-state index is 0.646. The third kappa shape index (κ3) is 2.31. The van der Waals surface area contributed by atoms with Crippen molar-refractivity contribution in [3.05, 3.63) is 36.0 Å². The van der Waals surface area contributed by atoms with Gasteiger partial charge in [0.2, 0.25) is 0 Å². The highest BCUT2D eigenvalue weighted by Crippen LogP contribution is 2.25. The summed E-state index contributed by atoms with van der Waals surface area (Å²) in [7, 11) is 1.63. The maximum Gasteiger partial charge on any atom is 0.144 e. The molecule has 0 fully saturated rings. The van der Waals surface area contributed by atoms with Gasteiger partial charge >= 0.3 is 0 Å². The second-order valence-electron chi connectivity index (χ2n) is 4.03. The summed E-state index contributed by atoms with van der Waals surface area (Å²) in [5.74, 6) is 1.39. The molecule has 1 aromatic heterocycles. The molecule has 0 amide bonds. The Labute approximate surface area is 106 Å². The molecule has 0 atom stereocenters. The van der Waals surface area contributed by atoms with Gasteiger partial charge in [0.1, 0.15) is 17.3 Å². The molecule has 0 saturated heterocycles. The Morgan fingerprint density at radius 2 is 2.11 bits per heavy atom. The van der Waals surface area contributed by atoms with Crippen LogP contribution >= 0.6 is 0 Å². The van der Waals surface area contributed by atoms with E-state index < -0.39 is 0 Å². The number of hydrogen-bond acceptors (Lipinski definition) is 4. The summed E-state index contributed by atoms with van der Waals surface area (Å²) in [6, 6.07) is 7.65. The molecule has 96 valence electrons. The first-order valence-corrected chi connectivity index (χ1v) is 5.93. The van der Waals surface area contributed by atoms with Crippen LogP contribution in [-0.4, -0.2) is 23.4 Å². The Morgan fingerprint density at radius 1 is 1.33 bits per heavy atom. The molecule has 1 heterocycles. The summed E-state index contributed by atoms with van der Waals surface area (Å²) < 4.78 is 7.01. The Hall–Kier alpha value is -2.01. The Kier molecular flexibility index (Phi) is 3.84. The van der Waals surface area contributed by atoms with E-state index in [0.717, 1.165) is 29.8 Å². The maximum atomic E-state index is 6.10. The molecule has 0 unspecified atom stereocenters. The molecule has 2 aromatic rings. The molecule has 0 saturated carbocycles. The van der Waals surface area contributed by atoms with Gasteiger partial charge < -0.3 is 16.2 Å². The predicted molar refractivity (Wildman–Crippen MR) is 71.9 cm³/mol. The lowest BCUT2D eigenvalue weighted by Gasteiger charge is -2.09. The van der Waals surface area contributed by atoms with Crippen molar-refractivity contribution in [3.63, 3.8) is 0 Å². The highest BCUT2D eigenvalue weighted by Gasteiger charge is 2.11. The van der Waals surface area contributed by atoms with Crippen LogP contribution in [0.15, 0.2) is 30.5 Å². The first-order valence-electron chi connectivity index (χ1n) is 5.93. The summed E-state index contributed by atoms with van der Waals surface area (Å²) >= 11 is 0. The van der Waals surface area contributed by atoms with E-state index in [4.69, 9.17) is 16.2 Å². The highest BCUT2D eigenvalue weighted by molar-refractivity contribution is 5.53. The number of para-hydroxylation sites is 2. The fraction of sp³-hybridized carbons (Fsp3) is 0.308. The second-order valence-corrected chi connectivity index (χ2v) is 4.03. The molecule has 0 radical (unpaired) electrons. The van der Waals surface area contributed by atoms with Crippen LogP contribution in [0.25, 0.3) is 5.69 Å². The Bertz CT molecular complexity index is 521. The molecule has 1 aromatic carbocycles. The van der Waals surface area contributed by atoms with Gasteiger partial charge in [-0.1, -0.05) is 12.1 Å². The number of nitrogens with zero attached hydrogens (tertiary/aromatic N) is 2. The molecule has 4 N–H and O–H groups in total. The monoisotopic (exact) mass is 246 g/mol. The van der Waals surface area contributed by atoms with Crippen LogP contribution in [0.4, 0.5) is 5.82 Å². The molecule has 0 bridgehead atoms. The van der Waals surface area contributed by atoms with Gasteiger partial charge in [-0.3, -0.25) is 0 Å². The summed E-state index contributed by atoms with van der Waals surface area (Å²) in [5.41, 5.74) is 13.5. The highest BCUT2D eigenvalue weighted by atomic mass is 16.5. The van der Waals surface area contributed by atoms with Crippen LogP contribution in [0.1, 0.15) is 12.0 Å². The number of hydrogen-bond donors (Lipinski definition) is 2. The zero-order chi connectivity index (χ0) is 13.0. The van der Waals surface area contributed by atoms with Crippen molar-refractivity contribution in [1.29, 1.82) is 0 Å². The lowest BCUT2D eigenvalue weighted by molar-refractivity contribution is 0.412. The Balaban J connectivity index is 2.36. The molecule has 0 aliphatic rings. The minimum atomic E-state index is 0.646. The molecule has 5 heteroatoms. The van der Waals surface area contributed by atoms with E-state index in [1.165, 1.54) is 0 Å². The third-order valence-electron chi connectivity index (χ3n) is 2.85. The fourth-order valence-corrected chi connectivity index (χ4v) is 1.87. The van der Waals surface area contributed by atoms with Crippen LogP contribution in [0.5, 0.6) is 5.75 Å². The van der Waals surface area contributed by atoms with E-state index in [-0.39, 0.29) is 0 Å². The van der Waals surface area contributed by atoms with Crippen LogP contribution in [-0.2, 0) is 6.42 Å². The second kappa shape index (κ2) is 5.55. The number of aromatic nitrogens is 2. The average Bonchev–Trinajstić information content (AvgIpc) is 2.77. The van der Waals surface area contributed by atoms with Crippen molar-refractivity contribution in [2.45, 2.75) is 12.8 Å². The number of benzene rings is 1. The Morgan fingerprint density at radius 3 is 2.83 bits per heavy atom. The normalized spacial score (nSPS) is 10.6. The lowest BCUT2D eigenvalue weighted by atomic mass is 10.2. The van der Waals surface area contributed by atoms with E-state index in [0.29, 0.717) is 12.4 Å². The molecule has 5 nitrogen and oxygen atoms in total. The summed E-state index contributed by atoms with van der Waals surface area (Å²) in [6.45, 7) is 0.652. The van der Waals surface area contributed by atoms with Crippen molar-refractivity contribution in [1.82, 2.24) is 9.78 Å². The summed E-state index contributed by atoms with van der Waals surface area (Å²) in [6.07, 6.45) is 3.54. The van der Waals surface area contributed by atoms with Crippen LogP contribution < -0.4 is 16.2 Å². The van der Waals surface area contributed by atoms with Gasteiger partial charge in [0.15, 0.2) is 0 Å². The minimum Gasteiger partial charge on any atom is -0.494 e. The maximum absolute atomic E-state index is 6.10.